The Kier molecular flexibility index (Phi) is 3.19. The van der Waals surface area contributed by atoms with E-state index in [1.165, 1.54) is 0 Å². The Morgan fingerprint density at radius 1 is 1.46 bits per heavy atom. The second kappa shape index (κ2) is 4.18. The molecule has 0 unspecified atom stereocenters. The van der Waals surface area contributed by atoms with Crippen molar-refractivity contribution in [2.75, 3.05) is 0 Å². The van der Waals surface area contributed by atoms with Crippen molar-refractivity contribution in [1.29, 1.82) is 0 Å². The fraction of sp³-hybridized carbons (Fsp3) is 0.333. The van der Waals surface area contributed by atoms with Crippen molar-refractivity contribution in [2.24, 2.45) is 7.05 Å². The van der Waals surface area contributed by atoms with Crippen LogP contribution >= 0.6 is 12.2 Å². The number of H-pyrrole nitrogens is 1. The number of hydrogen-bond donors (Lipinski definition) is 1. The zero-order valence-corrected chi connectivity index (χ0v) is 8.85. The van der Waals surface area contributed by atoms with E-state index in [4.69, 9.17) is 12.2 Å². The van der Waals surface area contributed by atoms with Crippen LogP contribution in [0.3, 0.4) is 0 Å². The molecule has 0 aliphatic heterocycles. The van der Waals surface area contributed by atoms with Crippen molar-refractivity contribution in [3.63, 3.8) is 0 Å². The highest BCUT2D eigenvalue weighted by Gasteiger charge is 1.97. The lowest BCUT2D eigenvalue weighted by Gasteiger charge is -1.90. The van der Waals surface area contributed by atoms with Gasteiger partial charge in [-0.15, -0.1) is 0 Å². The van der Waals surface area contributed by atoms with Crippen LogP contribution < -0.4 is 0 Å². The first-order valence-corrected chi connectivity index (χ1v) is 4.68. The average molecular weight is 195 g/mol. The predicted molar refractivity (Wildman–Crippen MR) is 57.2 cm³/mol. The van der Waals surface area contributed by atoms with Crippen LogP contribution in [0.25, 0.3) is 10.9 Å². The molecule has 0 bridgehead atoms. The number of pyridine rings is 1. The van der Waals surface area contributed by atoms with E-state index in [0.717, 1.165) is 15.5 Å². The average Bonchev–Trinajstić information content (AvgIpc) is 2.47. The summed E-state index contributed by atoms with van der Waals surface area (Å²) >= 11 is 5.07. The van der Waals surface area contributed by atoms with E-state index in [-0.39, 0.29) is 0 Å². The summed E-state index contributed by atoms with van der Waals surface area (Å²) in [6.07, 6.45) is 3.54. The van der Waals surface area contributed by atoms with E-state index in [2.05, 4.69) is 10.1 Å². The SMILES string of the molecule is CC.Cn1[nH]c(=S)c2ccncc21. The predicted octanol–water partition coefficient (Wildman–Crippen LogP) is 2.66. The van der Waals surface area contributed by atoms with Crippen LogP contribution in [0.15, 0.2) is 18.5 Å². The molecule has 0 saturated heterocycles. The number of rotatable bonds is 0. The molecule has 70 valence electrons. The highest BCUT2D eigenvalue weighted by Crippen LogP contribution is 2.11. The van der Waals surface area contributed by atoms with Gasteiger partial charge in [-0.2, -0.15) is 0 Å². The smallest absolute Gasteiger partial charge is 0.127 e. The minimum atomic E-state index is 0.768. The van der Waals surface area contributed by atoms with Gasteiger partial charge in [-0.05, 0) is 6.07 Å². The van der Waals surface area contributed by atoms with Crippen molar-refractivity contribution in [3.8, 4) is 0 Å². The number of nitrogens with one attached hydrogen (secondary N) is 1. The molecule has 2 heterocycles. The topological polar surface area (TPSA) is 33.6 Å². The molecule has 0 saturated carbocycles. The van der Waals surface area contributed by atoms with Gasteiger partial charge in [0.25, 0.3) is 0 Å². The summed E-state index contributed by atoms with van der Waals surface area (Å²) in [4.78, 5) is 4.00. The molecule has 0 spiro atoms. The molecule has 0 atom stereocenters. The monoisotopic (exact) mass is 195 g/mol. The fourth-order valence-electron chi connectivity index (χ4n) is 1.12. The summed E-state index contributed by atoms with van der Waals surface area (Å²) in [5.74, 6) is 0. The minimum absolute atomic E-state index is 0.768. The van der Waals surface area contributed by atoms with Gasteiger partial charge in [0.1, 0.15) is 4.64 Å². The Bertz CT molecular complexity index is 441. The molecule has 13 heavy (non-hydrogen) atoms. The maximum absolute atomic E-state index is 5.07. The van der Waals surface area contributed by atoms with Crippen molar-refractivity contribution < 1.29 is 0 Å². The van der Waals surface area contributed by atoms with E-state index >= 15 is 0 Å². The Hall–Kier alpha value is -1.16. The molecule has 0 aliphatic rings. The Labute approximate surface area is 82.4 Å². The van der Waals surface area contributed by atoms with Crippen LogP contribution in [0.4, 0.5) is 0 Å². The number of fused-ring (bicyclic) bond motifs is 1. The molecule has 4 heteroatoms. The molecule has 0 aromatic carbocycles. The van der Waals surface area contributed by atoms with Crippen molar-refractivity contribution in [1.82, 2.24) is 14.8 Å². The first-order valence-electron chi connectivity index (χ1n) is 4.28. The van der Waals surface area contributed by atoms with Crippen LogP contribution in [0.1, 0.15) is 13.8 Å². The second-order valence-corrected chi connectivity index (χ2v) is 2.80. The lowest BCUT2D eigenvalue weighted by Crippen LogP contribution is -1.88. The molecule has 2 rings (SSSR count). The van der Waals surface area contributed by atoms with Gasteiger partial charge in [0, 0.05) is 18.6 Å². The van der Waals surface area contributed by atoms with Crippen molar-refractivity contribution in [2.45, 2.75) is 13.8 Å². The molecule has 0 fully saturated rings. The Morgan fingerprint density at radius 2 is 2.15 bits per heavy atom. The van der Waals surface area contributed by atoms with Crippen LogP contribution in [0.2, 0.25) is 0 Å². The number of aryl methyl sites for hydroxylation is 1. The summed E-state index contributed by atoms with van der Waals surface area (Å²) in [6, 6.07) is 1.91. The van der Waals surface area contributed by atoms with E-state index in [0.29, 0.717) is 0 Å². The van der Waals surface area contributed by atoms with E-state index in [1.807, 2.05) is 31.6 Å². The van der Waals surface area contributed by atoms with Gasteiger partial charge in [-0.25, -0.2) is 0 Å². The van der Waals surface area contributed by atoms with Crippen LogP contribution in [0, 0.1) is 4.64 Å². The van der Waals surface area contributed by atoms with Crippen LogP contribution in [-0.2, 0) is 7.05 Å². The van der Waals surface area contributed by atoms with E-state index in [1.54, 1.807) is 12.4 Å². The molecular formula is C9H13N3S. The number of nitrogens with zero attached hydrogens (tertiary/aromatic N) is 2. The zero-order valence-electron chi connectivity index (χ0n) is 8.03. The maximum Gasteiger partial charge on any atom is 0.127 e. The summed E-state index contributed by atoms with van der Waals surface area (Å²) in [5, 5.41) is 4.06. The number of hydrogen-bond acceptors (Lipinski definition) is 2. The molecule has 3 nitrogen and oxygen atoms in total. The zero-order chi connectivity index (χ0) is 9.84. The largest absolute Gasteiger partial charge is 0.288 e. The van der Waals surface area contributed by atoms with Crippen molar-refractivity contribution >= 4 is 23.1 Å². The van der Waals surface area contributed by atoms with Gasteiger partial charge in [0.15, 0.2) is 0 Å². The molecule has 0 radical (unpaired) electrons. The standard InChI is InChI=1S/C7H7N3S.C2H6/c1-10-6-4-8-3-2-5(6)7(11)9-10;1-2/h2-4H,1H3,(H,9,11);1-2H3. The minimum Gasteiger partial charge on any atom is -0.288 e. The highest BCUT2D eigenvalue weighted by molar-refractivity contribution is 7.71. The van der Waals surface area contributed by atoms with Gasteiger partial charge < -0.3 is 0 Å². The molecule has 2 aromatic heterocycles. The summed E-state index contributed by atoms with van der Waals surface area (Å²) in [7, 11) is 1.92. The molecular weight excluding hydrogens is 182 g/mol. The molecule has 1 N–H and O–H groups in total. The molecule has 0 amide bonds. The first-order chi connectivity index (χ1) is 6.29. The first kappa shape index (κ1) is 9.92. The highest BCUT2D eigenvalue weighted by atomic mass is 32.1. The van der Waals surface area contributed by atoms with Crippen molar-refractivity contribution in [3.05, 3.63) is 23.1 Å². The van der Waals surface area contributed by atoms with E-state index < -0.39 is 0 Å². The summed E-state index contributed by atoms with van der Waals surface area (Å²) < 4.78 is 2.63. The normalized spacial score (nSPS) is 9.46. The summed E-state index contributed by atoms with van der Waals surface area (Å²) in [5.41, 5.74) is 1.04. The fourth-order valence-corrected chi connectivity index (χ4v) is 1.43. The Balaban J connectivity index is 0.000000396. The second-order valence-electron chi connectivity index (χ2n) is 2.39. The lowest BCUT2D eigenvalue weighted by molar-refractivity contribution is 0.790. The van der Waals surface area contributed by atoms with Gasteiger partial charge >= 0.3 is 0 Å². The molecule has 2 aromatic rings. The summed E-state index contributed by atoms with van der Waals surface area (Å²) in [6.45, 7) is 4.00. The number of aromatic amines is 1. The Morgan fingerprint density at radius 3 is 2.77 bits per heavy atom. The third-order valence-electron chi connectivity index (χ3n) is 1.68. The van der Waals surface area contributed by atoms with Gasteiger partial charge in [-0.1, -0.05) is 26.1 Å². The maximum atomic E-state index is 5.07. The third-order valence-corrected chi connectivity index (χ3v) is 1.99. The van der Waals surface area contributed by atoms with Crippen LogP contribution in [-0.4, -0.2) is 14.8 Å². The molecule has 0 aliphatic carbocycles. The quantitative estimate of drug-likeness (QED) is 0.656. The van der Waals surface area contributed by atoms with Gasteiger partial charge in [0.05, 0.1) is 11.7 Å². The van der Waals surface area contributed by atoms with Crippen LogP contribution in [0.5, 0.6) is 0 Å². The van der Waals surface area contributed by atoms with Gasteiger partial charge in [-0.3, -0.25) is 14.8 Å². The van der Waals surface area contributed by atoms with E-state index in [9.17, 15) is 0 Å². The van der Waals surface area contributed by atoms with Gasteiger partial charge in [0.2, 0.25) is 0 Å². The number of aromatic nitrogens is 3. The lowest BCUT2D eigenvalue weighted by atomic mass is 10.3. The third kappa shape index (κ3) is 1.78.